The van der Waals surface area contributed by atoms with Gasteiger partial charge in [0, 0.05) is 18.4 Å². The third kappa shape index (κ3) is 5.36. The standard InChI is InChI=1S/C26H30N4O4S/c1-4-28(5-2)15-16-29(26-27-21-12-11-20(34-6-3)17-22(21)35-26)25(33)18-7-9-19(10-8-18)30-23(31)13-14-24(30)32/h7-12,17H,4-6,13-16H2,1-3H3/p+1. The number of likely N-dealkylation sites (N-methyl/N-ethyl adjacent to an activating group) is 1. The summed E-state index contributed by atoms with van der Waals surface area (Å²) in [5.74, 6) is 0.200. The van der Waals surface area contributed by atoms with Gasteiger partial charge in [0.25, 0.3) is 5.91 Å². The fourth-order valence-corrected chi connectivity index (χ4v) is 5.21. The number of anilines is 2. The molecule has 0 bridgehead atoms. The van der Waals surface area contributed by atoms with Crippen molar-refractivity contribution in [2.75, 3.05) is 42.6 Å². The lowest BCUT2D eigenvalue weighted by Crippen LogP contribution is -3.12. The maximum atomic E-state index is 13.7. The normalized spacial score (nSPS) is 13.8. The summed E-state index contributed by atoms with van der Waals surface area (Å²) in [6.45, 7) is 10.1. The quantitative estimate of drug-likeness (QED) is 0.437. The Balaban J connectivity index is 1.63. The predicted molar refractivity (Wildman–Crippen MR) is 138 cm³/mol. The number of carbonyl (C=O) groups excluding carboxylic acids is 3. The van der Waals surface area contributed by atoms with Crippen LogP contribution in [0, 0.1) is 0 Å². The van der Waals surface area contributed by atoms with E-state index in [1.807, 2.05) is 25.1 Å². The minimum absolute atomic E-state index is 0.161. The molecule has 0 radical (unpaired) electrons. The van der Waals surface area contributed by atoms with Gasteiger partial charge in [0.15, 0.2) is 5.13 Å². The number of nitrogens with one attached hydrogen (secondary N) is 1. The summed E-state index contributed by atoms with van der Waals surface area (Å²) < 4.78 is 6.58. The molecule has 1 saturated heterocycles. The van der Waals surface area contributed by atoms with Crippen LogP contribution in [-0.2, 0) is 9.59 Å². The Kier molecular flexibility index (Phi) is 7.77. The Morgan fingerprint density at radius 1 is 1.06 bits per heavy atom. The number of benzene rings is 2. The van der Waals surface area contributed by atoms with Gasteiger partial charge in [-0.1, -0.05) is 11.3 Å². The van der Waals surface area contributed by atoms with Crippen LogP contribution in [0.3, 0.4) is 0 Å². The second kappa shape index (κ2) is 11.0. The molecular weight excluding hydrogens is 464 g/mol. The van der Waals surface area contributed by atoms with Crippen LogP contribution < -0.4 is 19.4 Å². The van der Waals surface area contributed by atoms with Crippen LogP contribution in [-0.4, -0.2) is 55.5 Å². The van der Waals surface area contributed by atoms with Gasteiger partial charge >= 0.3 is 0 Å². The zero-order valence-electron chi connectivity index (χ0n) is 20.4. The summed E-state index contributed by atoms with van der Waals surface area (Å²) in [5.41, 5.74) is 1.80. The number of thiazole rings is 1. The highest BCUT2D eigenvalue weighted by molar-refractivity contribution is 7.22. The van der Waals surface area contributed by atoms with E-state index in [4.69, 9.17) is 9.72 Å². The van der Waals surface area contributed by atoms with E-state index in [-0.39, 0.29) is 30.6 Å². The van der Waals surface area contributed by atoms with E-state index in [0.717, 1.165) is 35.6 Å². The predicted octanol–water partition coefficient (Wildman–Crippen LogP) is 2.92. The fourth-order valence-electron chi connectivity index (χ4n) is 4.20. The van der Waals surface area contributed by atoms with Crippen molar-refractivity contribution >= 4 is 50.1 Å². The molecular formula is C26H31N4O4S+. The number of hydrogen-bond acceptors (Lipinski definition) is 6. The van der Waals surface area contributed by atoms with Crippen LogP contribution in [0.5, 0.6) is 5.75 Å². The highest BCUT2D eigenvalue weighted by Gasteiger charge is 2.30. The monoisotopic (exact) mass is 495 g/mol. The van der Waals surface area contributed by atoms with Gasteiger partial charge in [0.2, 0.25) is 11.8 Å². The van der Waals surface area contributed by atoms with E-state index in [2.05, 4.69) is 13.8 Å². The average molecular weight is 496 g/mol. The summed E-state index contributed by atoms with van der Waals surface area (Å²) >= 11 is 1.47. The topological polar surface area (TPSA) is 84.2 Å². The fraction of sp³-hybridized carbons (Fsp3) is 0.385. The SMILES string of the molecule is CCOc1ccc2nc(N(CC[NH+](CC)CC)C(=O)c3ccc(N4C(=O)CCC4=O)cc3)sc2c1. The molecule has 1 aliphatic heterocycles. The number of aromatic nitrogens is 1. The largest absolute Gasteiger partial charge is 0.494 e. The summed E-state index contributed by atoms with van der Waals surface area (Å²) in [5, 5.41) is 0.638. The lowest BCUT2D eigenvalue weighted by molar-refractivity contribution is -0.894. The zero-order valence-corrected chi connectivity index (χ0v) is 21.2. The molecule has 2 heterocycles. The Morgan fingerprint density at radius 3 is 2.37 bits per heavy atom. The Labute approximate surface area is 209 Å². The minimum Gasteiger partial charge on any atom is -0.494 e. The molecule has 0 atom stereocenters. The van der Waals surface area contributed by atoms with Gasteiger partial charge in [0.05, 0.1) is 48.7 Å². The maximum Gasteiger partial charge on any atom is 0.260 e. The van der Waals surface area contributed by atoms with Gasteiger partial charge in [-0.2, -0.15) is 0 Å². The number of carbonyl (C=O) groups is 3. The Hall–Kier alpha value is -3.30. The lowest BCUT2D eigenvalue weighted by Gasteiger charge is -2.23. The molecule has 4 rings (SSSR count). The summed E-state index contributed by atoms with van der Waals surface area (Å²) in [7, 11) is 0. The first-order valence-electron chi connectivity index (χ1n) is 12.1. The molecule has 3 amide bonds. The van der Waals surface area contributed by atoms with Crippen LogP contribution in [0.15, 0.2) is 42.5 Å². The van der Waals surface area contributed by atoms with Crippen molar-refractivity contribution < 1.29 is 24.0 Å². The minimum atomic E-state index is -0.209. The molecule has 8 nitrogen and oxygen atoms in total. The van der Waals surface area contributed by atoms with Crippen LogP contribution >= 0.6 is 11.3 Å². The highest BCUT2D eigenvalue weighted by Crippen LogP contribution is 2.32. The Bertz CT molecular complexity index is 1200. The molecule has 0 aliphatic carbocycles. The molecule has 0 unspecified atom stereocenters. The third-order valence-corrected chi connectivity index (χ3v) is 7.29. The van der Waals surface area contributed by atoms with E-state index in [0.29, 0.717) is 29.5 Å². The smallest absolute Gasteiger partial charge is 0.260 e. The van der Waals surface area contributed by atoms with Crippen LogP contribution in [0.4, 0.5) is 10.8 Å². The summed E-state index contributed by atoms with van der Waals surface area (Å²) in [4.78, 5) is 46.9. The number of nitrogens with zero attached hydrogens (tertiary/aromatic N) is 3. The van der Waals surface area contributed by atoms with E-state index in [9.17, 15) is 14.4 Å². The van der Waals surface area contributed by atoms with E-state index < -0.39 is 0 Å². The van der Waals surface area contributed by atoms with Gasteiger partial charge in [-0.15, -0.1) is 0 Å². The number of quaternary nitrogens is 1. The lowest BCUT2D eigenvalue weighted by atomic mass is 10.1. The second-order valence-electron chi connectivity index (χ2n) is 8.39. The van der Waals surface area contributed by atoms with Crippen LogP contribution in [0.1, 0.15) is 44.0 Å². The number of imide groups is 1. The Morgan fingerprint density at radius 2 is 1.74 bits per heavy atom. The van der Waals surface area contributed by atoms with Crippen molar-refractivity contribution in [1.29, 1.82) is 0 Å². The van der Waals surface area contributed by atoms with Crippen molar-refractivity contribution in [3.63, 3.8) is 0 Å². The van der Waals surface area contributed by atoms with Gasteiger partial charge in [-0.25, -0.2) is 4.98 Å². The number of amides is 3. The van der Waals surface area contributed by atoms with Crippen molar-refractivity contribution in [1.82, 2.24) is 4.98 Å². The number of ether oxygens (including phenoxy) is 1. The zero-order chi connectivity index (χ0) is 24.9. The second-order valence-corrected chi connectivity index (χ2v) is 9.40. The number of fused-ring (bicyclic) bond motifs is 1. The molecule has 9 heteroatoms. The van der Waals surface area contributed by atoms with Crippen molar-refractivity contribution in [2.45, 2.75) is 33.6 Å². The molecule has 184 valence electrons. The van der Waals surface area contributed by atoms with E-state index in [1.165, 1.54) is 21.1 Å². The first kappa shape index (κ1) is 24.8. The van der Waals surface area contributed by atoms with Gasteiger partial charge in [-0.05, 0) is 63.2 Å². The van der Waals surface area contributed by atoms with Crippen molar-refractivity contribution in [2.24, 2.45) is 0 Å². The molecule has 0 saturated carbocycles. The van der Waals surface area contributed by atoms with Gasteiger partial charge in [-0.3, -0.25) is 24.2 Å². The molecule has 35 heavy (non-hydrogen) atoms. The number of hydrogen-bond donors (Lipinski definition) is 1. The molecule has 3 aromatic rings. The van der Waals surface area contributed by atoms with Crippen molar-refractivity contribution in [3.05, 3.63) is 48.0 Å². The molecule has 1 N–H and O–H groups in total. The third-order valence-electron chi connectivity index (χ3n) is 6.25. The molecule has 2 aromatic carbocycles. The number of rotatable bonds is 10. The average Bonchev–Trinajstić information content (AvgIpc) is 3.44. The first-order valence-corrected chi connectivity index (χ1v) is 12.9. The van der Waals surface area contributed by atoms with Crippen molar-refractivity contribution in [3.8, 4) is 5.75 Å². The molecule has 1 aliphatic rings. The van der Waals surface area contributed by atoms with Gasteiger partial charge < -0.3 is 9.64 Å². The van der Waals surface area contributed by atoms with Crippen LogP contribution in [0.25, 0.3) is 10.2 Å². The van der Waals surface area contributed by atoms with E-state index >= 15 is 0 Å². The van der Waals surface area contributed by atoms with Gasteiger partial charge in [0.1, 0.15) is 5.75 Å². The molecule has 0 spiro atoms. The molecule has 1 aromatic heterocycles. The molecule has 1 fully saturated rings. The van der Waals surface area contributed by atoms with Crippen LogP contribution in [0.2, 0.25) is 0 Å². The summed E-state index contributed by atoms with van der Waals surface area (Å²) in [6, 6.07) is 12.4. The maximum absolute atomic E-state index is 13.7. The first-order chi connectivity index (χ1) is 16.9. The summed E-state index contributed by atoms with van der Waals surface area (Å²) in [6.07, 6.45) is 0.452. The van der Waals surface area contributed by atoms with E-state index in [1.54, 1.807) is 29.2 Å². The highest BCUT2D eigenvalue weighted by atomic mass is 32.1.